The van der Waals surface area contributed by atoms with Gasteiger partial charge in [0.2, 0.25) is 6.79 Å². The molecule has 0 aliphatic carbocycles. The number of nitrogens with zero attached hydrogens (tertiary/aromatic N) is 1. The fourth-order valence-electron chi connectivity index (χ4n) is 3.18. The number of benzene rings is 2. The molecule has 1 atom stereocenters. The van der Waals surface area contributed by atoms with Gasteiger partial charge in [-0.2, -0.15) is 0 Å². The molecule has 3 N–H and O–H groups in total. The van der Waals surface area contributed by atoms with E-state index in [0.717, 1.165) is 22.6 Å². The Morgan fingerprint density at radius 1 is 1.10 bits per heavy atom. The highest BCUT2D eigenvalue weighted by Gasteiger charge is 2.24. The van der Waals surface area contributed by atoms with Crippen LogP contribution >= 0.6 is 24.0 Å². The fraction of sp³-hybridized carbons (Fsp3) is 0.409. The minimum atomic E-state index is -0.131. The van der Waals surface area contributed by atoms with Crippen LogP contribution in [0.4, 0.5) is 0 Å². The number of fused-ring (bicyclic) bond motifs is 1. The quantitative estimate of drug-likeness (QED) is 0.303. The molecule has 0 saturated carbocycles. The Morgan fingerprint density at radius 3 is 2.52 bits per heavy atom. The number of aliphatic hydroxyl groups excluding tert-OH is 1. The van der Waals surface area contributed by atoms with E-state index < -0.39 is 0 Å². The Bertz CT molecular complexity index is 812. The van der Waals surface area contributed by atoms with Crippen LogP contribution in [-0.2, 0) is 5.41 Å². The van der Waals surface area contributed by atoms with Crippen LogP contribution in [0.5, 0.6) is 11.5 Å². The van der Waals surface area contributed by atoms with Crippen LogP contribution in [0.1, 0.15) is 30.9 Å². The number of guanidine groups is 1. The van der Waals surface area contributed by atoms with Crippen LogP contribution in [0.25, 0.3) is 0 Å². The minimum Gasteiger partial charge on any atom is -0.454 e. The monoisotopic (exact) mass is 511 g/mol. The van der Waals surface area contributed by atoms with Crippen molar-refractivity contribution < 1.29 is 14.6 Å². The average molecular weight is 511 g/mol. The average Bonchev–Trinajstić information content (AvgIpc) is 3.19. The molecule has 7 heteroatoms. The first-order valence-corrected chi connectivity index (χ1v) is 9.54. The number of rotatable bonds is 7. The molecule has 0 aromatic heterocycles. The van der Waals surface area contributed by atoms with Gasteiger partial charge >= 0.3 is 0 Å². The predicted octanol–water partition coefficient (Wildman–Crippen LogP) is 3.25. The lowest BCUT2D eigenvalue weighted by molar-refractivity contribution is 0.174. The van der Waals surface area contributed by atoms with Crippen LogP contribution in [-0.4, -0.2) is 44.6 Å². The largest absolute Gasteiger partial charge is 0.454 e. The Morgan fingerprint density at radius 2 is 1.83 bits per heavy atom. The summed E-state index contributed by atoms with van der Waals surface area (Å²) in [5.41, 5.74) is 2.14. The van der Waals surface area contributed by atoms with E-state index in [9.17, 15) is 5.11 Å². The molecule has 0 spiro atoms. The second kappa shape index (κ2) is 10.7. The van der Waals surface area contributed by atoms with E-state index in [0.29, 0.717) is 19.0 Å². The molecular formula is C22H30IN3O3. The van der Waals surface area contributed by atoms with E-state index >= 15 is 0 Å². The molecule has 0 bridgehead atoms. The lowest BCUT2D eigenvalue weighted by Gasteiger charge is -2.27. The molecule has 6 nitrogen and oxygen atoms in total. The molecule has 29 heavy (non-hydrogen) atoms. The van der Waals surface area contributed by atoms with Crippen LogP contribution in [0.2, 0.25) is 0 Å². The predicted molar refractivity (Wildman–Crippen MR) is 127 cm³/mol. The first-order valence-electron chi connectivity index (χ1n) is 9.54. The number of hydrogen-bond acceptors (Lipinski definition) is 4. The van der Waals surface area contributed by atoms with Crippen molar-refractivity contribution in [3.63, 3.8) is 0 Å². The number of aliphatic imine (C=N–C) groups is 1. The third kappa shape index (κ3) is 5.99. The molecule has 0 fully saturated rings. The maximum Gasteiger partial charge on any atom is 0.231 e. The van der Waals surface area contributed by atoms with E-state index in [1.807, 2.05) is 42.5 Å². The summed E-state index contributed by atoms with van der Waals surface area (Å²) in [6, 6.07) is 16.1. The molecule has 3 rings (SSSR count). The zero-order chi connectivity index (χ0) is 20.0. The topological polar surface area (TPSA) is 75.1 Å². The standard InChI is InChI=1S/C22H29N3O3.HI/c1-22(2,18-9-10-19-20(11-18)28-15-27-19)14-25-21(23-3)24-12-17(13-26)16-7-5-4-6-8-16;/h4-11,17,26H,12-15H2,1-3H3,(H2,23,24,25);1H. The number of nitrogens with one attached hydrogen (secondary N) is 2. The minimum absolute atomic E-state index is 0. The van der Waals surface area contributed by atoms with Crippen molar-refractivity contribution in [1.29, 1.82) is 0 Å². The highest BCUT2D eigenvalue weighted by atomic mass is 127. The van der Waals surface area contributed by atoms with Gasteiger partial charge in [-0.25, -0.2) is 0 Å². The summed E-state index contributed by atoms with van der Waals surface area (Å²) in [4.78, 5) is 4.31. The molecule has 158 valence electrons. The molecule has 0 radical (unpaired) electrons. The third-order valence-electron chi connectivity index (χ3n) is 5.08. The fourth-order valence-corrected chi connectivity index (χ4v) is 3.18. The summed E-state index contributed by atoms with van der Waals surface area (Å²) in [6.45, 7) is 6.00. The van der Waals surface area contributed by atoms with Crippen molar-refractivity contribution in [2.24, 2.45) is 4.99 Å². The zero-order valence-electron chi connectivity index (χ0n) is 17.1. The maximum atomic E-state index is 9.73. The van der Waals surface area contributed by atoms with Crippen molar-refractivity contribution in [2.45, 2.75) is 25.2 Å². The molecule has 0 amide bonds. The van der Waals surface area contributed by atoms with Crippen LogP contribution < -0.4 is 20.1 Å². The number of halogens is 1. The van der Waals surface area contributed by atoms with Gasteiger partial charge in [0.05, 0.1) is 6.61 Å². The first-order chi connectivity index (χ1) is 13.5. The Labute approximate surface area is 189 Å². The van der Waals surface area contributed by atoms with E-state index in [1.54, 1.807) is 7.05 Å². The Hall–Kier alpha value is -2.00. The van der Waals surface area contributed by atoms with Gasteiger partial charge < -0.3 is 25.2 Å². The number of hydrogen-bond donors (Lipinski definition) is 3. The summed E-state index contributed by atoms with van der Waals surface area (Å²) < 4.78 is 10.9. The van der Waals surface area contributed by atoms with Gasteiger partial charge in [0, 0.05) is 31.5 Å². The van der Waals surface area contributed by atoms with Crippen molar-refractivity contribution >= 4 is 29.9 Å². The smallest absolute Gasteiger partial charge is 0.231 e. The maximum absolute atomic E-state index is 9.73. The first kappa shape index (κ1) is 23.3. The van der Waals surface area contributed by atoms with E-state index in [4.69, 9.17) is 9.47 Å². The molecule has 1 heterocycles. The van der Waals surface area contributed by atoms with Gasteiger partial charge in [-0.05, 0) is 23.3 Å². The highest BCUT2D eigenvalue weighted by molar-refractivity contribution is 14.0. The lowest BCUT2D eigenvalue weighted by atomic mass is 9.84. The highest BCUT2D eigenvalue weighted by Crippen LogP contribution is 2.36. The van der Waals surface area contributed by atoms with Crippen LogP contribution in [0.3, 0.4) is 0 Å². The second-order valence-electron chi connectivity index (χ2n) is 7.55. The normalized spacial score (nSPS) is 14.1. The molecule has 1 aliphatic rings. The number of aliphatic hydroxyl groups is 1. The molecule has 0 saturated heterocycles. The van der Waals surface area contributed by atoms with E-state index in [-0.39, 0.29) is 48.7 Å². The Kier molecular flexibility index (Phi) is 8.58. The molecule has 1 aliphatic heterocycles. The van der Waals surface area contributed by atoms with Crippen LogP contribution in [0, 0.1) is 0 Å². The lowest BCUT2D eigenvalue weighted by Crippen LogP contribution is -2.44. The van der Waals surface area contributed by atoms with Crippen molar-refractivity contribution in [3.05, 3.63) is 59.7 Å². The van der Waals surface area contributed by atoms with Gasteiger partial charge in [0.15, 0.2) is 17.5 Å². The SMILES string of the molecule is CN=C(NCC(CO)c1ccccc1)NCC(C)(C)c1ccc2c(c1)OCO2.I. The van der Waals surface area contributed by atoms with Crippen molar-refractivity contribution in [1.82, 2.24) is 10.6 Å². The third-order valence-corrected chi connectivity index (χ3v) is 5.08. The van der Waals surface area contributed by atoms with Gasteiger partial charge in [-0.1, -0.05) is 50.2 Å². The second-order valence-corrected chi connectivity index (χ2v) is 7.55. The van der Waals surface area contributed by atoms with Gasteiger partial charge in [-0.15, -0.1) is 24.0 Å². The summed E-state index contributed by atoms with van der Waals surface area (Å²) in [5, 5.41) is 16.4. The molecular weight excluding hydrogens is 481 g/mol. The summed E-state index contributed by atoms with van der Waals surface area (Å²) >= 11 is 0. The molecule has 2 aromatic rings. The van der Waals surface area contributed by atoms with Crippen molar-refractivity contribution in [2.75, 3.05) is 33.5 Å². The zero-order valence-corrected chi connectivity index (χ0v) is 19.5. The summed E-state index contributed by atoms with van der Waals surface area (Å²) in [5.74, 6) is 2.31. The van der Waals surface area contributed by atoms with Gasteiger partial charge in [0.25, 0.3) is 0 Å². The van der Waals surface area contributed by atoms with Crippen LogP contribution in [0.15, 0.2) is 53.5 Å². The van der Waals surface area contributed by atoms with Gasteiger partial charge in [0.1, 0.15) is 0 Å². The van der Waals surface area contributed by atoms with E-state index in [2.05, 4.69) is 35.5 Å². The van der Waals surface area contributed by atoms with Crippen molar-refractivity contribution in [3.8, 4) is 11.5 Å². The molecule has 2 aromatic carbocycles. The number of ether oxygens (including phenoxy) is 2. The van der Waals surface area contributed by atoms with Gasteiger partial charge in [-0.3, -0.25) is 4.99 Å². The Balaban J connectivity index is 0.00000300. The molecule has 1 unspecified atom stereocenters. The summed E-state index contributed by atoms with van der Waals surface area (Å²) in [6.07, 6.45) is 0. The van der Waals surface area contributed by atoms with E-state index in [1.165, 1.54) is 0 Å². The summed E-state index contributed by atoms with van der Waals surface area (Å²) in [7, 11) is 1.75.